The van der Waals surface area contributed by atoms with Gasteiger partial charge >= 0.3 is 6.09 Å². The second kappa shape index (κ2) is 9.58. The number of carbonyl (C=O) groups excluding carboxylic acids is 2. The van der Waals surface area contributed by atoms with E-state index in [1.165, 1.54) is 12.1 Å². The van der Waals surface area contributed by atoms with E-state index in [0.717, 1.165) is 25.9 Å². The molecule has 1 aliphatic rings. The van der Waals surface area contributed by atoms with E-state index in [9.17, 15) is 19.7 Å². The summed E-state index contributed by atoms with van der Waals surface area (Å²) in [6, 6.07) is 4.38. The van der Waals surface area contributed by atoms with Crippen LogP contribution in [0.3, 0.4) is 0 Å². The maximum atomic E-state index is 12.7. The first-order valence-corrected chi connectivity index (χ1v) is 9.85. The number of piperidine rings is 1. The third-order valence-electron chi connectivity index (χ3n) is 4.64. The molecule has 9 heteroatoms. The van der Waals surface area contributed by atoms with Gasteiger partial charge in [-0.3, -0.25) is 14.9 Å². The predicted octanol–water partition coefficient (Wildman–Crippen LogP) is 3.09. The van der Waals surface area contributed by atoms with Gasteiger partial charge in [0.1, 0.15) is 5.60 Å². The van der Waals surface area contributed by atoms with E-state index in [1.807, 2.05) is 0 Å². The van der Waals surface area contributed by atoms with Crippen molar-refractivity contribution in [1.29, 1.82) is 0 Å². The number of non-ortho nitro benzene ring substituents is 1. The second-order valence-corrected chi connectivity index (χ2v) is 8.31. The zero-order valence-electron chi connectivity index (χ0n) is 17.5. The molecule has 2 rings (SSSR count). The molecule has 0 unspecified atom stereocenters. The Morgan fingerprint density at radius 1 is 1.21 bits per heavy atom. The SMILES string of the molecule is CC1CCN(c2ccc([N+](=O)[O-])cc2C(=O)NCCNC(=O)OC(C)(C)C)CC1. The van der Waals surface area contributed by atoms with Gasteiger partial charge < -0.3 is 20.3 Å². The summed E-state index contributed by atoms with van der Waals surface area (Å²) in [5.41, 5.74) is 0.235. The van der Waals surface area contributed by atoms with Crippen LogP contribution < -0.4 is 15.5 Å². The first-order valence-electron chi connectivity index (χ1n) is 9.85. The Labute approximate surface area is 170 Å². The first-order chi connectivity index (χ1) is 13.6. The maximum Gasteiger partial charge on any atom is 0.407 e. The van der Waals surface area contributed by atoms with Crippen LogP contribution in [0.1, 0.15) is 50.9 Å². The van der Waals surface area contributed by atoms with Crippen LogP contribution in [0.5, 0.6) is 0 Å². The molecule has 160 valence electrons. The van der Waals surface area contributed by atoms with Crippen LogP contribution in [-0.2, 0) is 4.74 Å². The quantitative estimate of drug-likeness (QED) is 0.426. The largest absolute Gasteiger partial charge is 0.444 e. The number of amides is 2. The molecule has 1 fully saturated rings. The molecule has 9 nitrogen and oxygen atoms in total. The Kier molecular flexibility index (Phi) is 7.41. The molecule has 0 aliphatic carbocycles. The molecular weight excluding hydrogens is 376 g/mol. The highest BCUT2D eigenvalue weighted by Gasteiger charge is 2.23. The van der Waals surface area contributed by atoms with Crippen LogP contribution in [0.2, 0.25) is 0 Å². The molecular formula is C20H30N4O5. The van der Waals surface area contributed by atoms with E-state index in [4.69, 9.17) is 4.74 Å². The van der Waals surface area contributed by atoms with E-state index in [0.29, 0.717) is 11.6 Å². The number of rotatable bonds is 6. The highest BCUT2D eigenvalue weighted by molar-refractivity contribution is 6.00. The van der Waals surface area contributed by atoms with Crippen LogP contribution in [-0.4, -0.2) is 48.7 Å². The lowest BCUT2D eigenvalue weighted by molar-refractivity contribution is -0.384. The number of benzene rings is 1. The molecule has 0 radical (unpaired) electrons. The van der Waals surface area contributed by atoms with Gasteiger partial charge in [-0.2, -0.15) is 0 Å². The molecule has 0 bridgehead atoms. The van der Waals surface area contributed by atoms with Crippen molar-refractivity contribution < 1.29 is 19.2 Å². The third kappa shape index (κ3) is 6.92. The molecule has 1 saturated heterocycles. The van der Waals surface area contributed by atoms with Gasteiger partial charge in [-0.15, -0.1) is 0 Å². The lowest BCUT2D eigenvalue weighted by Crippen LogP contribution is -2.38. The summed E-state index contributed by atoms with van der Waals surface area (Å²) in [7, 11) is 0. The molecule has 0 saturated carbocycles. The van der Waals surface area contributed by atoms with Crippen LogP contribution in [0.25, 0.3) is 0 Å². The number of hydrogen-bond acceptors (Lipinski definition) is 6. The van der Waals surface area contributed by atoms with Crippen molar-refractivity contribution in [1.82, 2.24) is 10.6 Å². The van der Waals surface area contributed by atoms with Gasteiger partial charge in [0.15, 0.2) is 0 Å². The molecule has 1 heterocycles. The standard InChI is InChI=1S/C20H30N4O5/c1-14-7-11-23(12-8-14)17-6-5-15(24(27)28)13-16(17)18(25)21-9-10-22-19(26)29-20(2,3)4/h5-6,13-14H,7-12H2,1-4H3,(H,21,25)(H,22,26). The number of nitro benzene ring substituents is 1. The average Bonchev–Trinajstić information content (AvgIpc) is 2.64. The Morgan fingerprint density at radius 3 is 2.41 bits per heavy atom. The van der Waals surface area contributed by atoms with E-state index >= 15 is 0 Å². The fourth-order valence-electron chi connectivity index (χ4n) is 3.09. The van der Waals surface area contributed by atoms with Gasteiger partial charge in [-0.05, 0) is 45.6 Å². The number of anilines is 1. The lowest BCUT2D eigenvalue weighted by Gasteiger charge is -2.33. The van der Waals surface area contributed by atoms with Crippen molar-refractivity contribution in [3.05, 3.63) is 33.9 Å². The normalized spacial score (nSPS) is 15.0. The number of nitrogens with one attached hydrogen (secondary N) is 2. The number of nitro groups is 1. The monoisotopic (exact) mass is 406 g/mol. The number of alkyl carbamates (subject to hydrolysis) is 1. The van der Waals surface area contributed by atoms with Crippen molar-refractivity contribution in [2.45, 2.75) is 46.1 Å². The molecule has 2 amide bonds. The number of hydrogen-bond donors (Lipinski definition) is 2. The molecule has 0 atom stereocenters. The second-order valence-electron chi connectivity index (χ2n) is 8.31. The summed E-state index contributed by atoms with van der Waals surface area (Å²) in [5, 5.41) is 16.4. The fraction of sp³-hybridized carbons (Fsp3) is 0.600. The average molecular weight is 406 g/mol. The van der Waals surface area contributed by atoms with Crippen molar-refractivity contribution in [3.63, 3.8) is 0 Å². The first kappa shape index (κ1) is 22.4. The van der Waals surface area contributed by atoms with E-state index in [1.54, 1.807) is 26.8 Å². The van der Waals surface area contributed by atoms with Gasteiger partial charge in [0.2, 0.25) is 0 Å². The molecule has 0 spiro atoms. The van der Waals surface area contributed by atoms with E-state index in [2.05, 4.69) is 22.5 Å². The van der Waals surface area contributed by atoms with Crippen LogP contribution >= 0.6 is 0 Å². The van der Waals surface area contributed by atoms with Crippen LogP contribution in [0.4, 0.5) is 16.2 Å². The highest BCUT2D eigenvalue weighted by Crippen LogP contribution is 2.29. The molecule has 1 aliphatic heterocycles. The zero-order valence-corrected chi connectivity index (χ0v) is 17.5. The van der Waals surface area contributed by atoms with Gasteiger partial charge in [0, 0.05) is 38.3 Å². The Morgan fingerprint density at radius 2 is 1.83 bits per heavy atom. The summed E-state index contributed by atoms with van der Waals surface area (Å²) < 4.78 is 5.13. The van der Waals surface area contributed by atoms with Gasteiger partial charge in [-0.1, -0.05) is 6.92 Å². The van der Waals surface area contributed by atoms with Crippen LogP contribution in [0.15, 0.2) is 18.2 Å². The predicted molar refractivity (Wildman–Crippen MR) is 110 cm³/mol. The molecule has 1 aromatic rings. The zero-order chi connectivity index (χ0) is 21.6. The van der Waals surface area contributed by atoms with E-state index in [-0.39, 0.29) is 24.3 Å². The van der Waals surface area contributed by atoms with Crippen molar-refractivity contribution in [2.75, 3.05) is 31.1 Å². The summed E-state index contributed by atoms with van der Waals surface area (Å²) in [4.78, 5) is 37.1. The van der Waals surface area contributed by atoms with Crippen molar-refractivity contribution in [3.8, 4) is 0 Å². The topological polar surface area (TPSA) is 114 Å². The summed E-state index contributed by atoms with van der Waals surface area (Å²) in [5.74, 6) is 0.216. The minimum Gasteiger partial charge on any atom is -0.444 e. The van der Waals surface area contributed by atoms with Gasteiger partial charge in [0.25, 0.3) is 11.6 Å². The van der Waals surface area contributed by atoms with Gasteiger partial charge in [0.05, 0.1) is 16.2 Å². The summed E-state index contributed by atoms with van der Waals surface area (Å²) in [6.45, 7) is 9.46. The van der Waals surface area contributed by atoms with Crippen molar-refractivity contribution in [2.24, 2.45) is 5.92 Å². The van der Waals surface area contributed by atoms with Crippen molar-refractivity contribution >= 4 is 23.4 Å². The number of ether oxygens (including phenoxy) is 1. The Hall–Kier alpha value is -2.84. The molecule has 2 N–H and O–H groups in total. The third-order valence-corrected chi connectivity index (χ3v) is 4.64. The minimum absolute atomic E-state index is 0.129. The fourth-order valence-corrected chi connectivity index (χ4v) is 3.09. The maximum absolute atomic E-state index is 12.7. The molecule has 0 aromatic heterocycles. The Bertz CT molecular complexity index is 752. The smallest absolute Gasteiger partial charge is 0.407 e. The molecule has 29 heavy (non-hydrogen) atoms. The number of carbonyl (C=O) groups is 2. The van der Waals surface area contributed by atoms with E-state index < -0.39 is 22.5 Å². The minimum atomic E-state index is -0.600. The lowest BCUT2D eigenvalue weighted by atomic mass is 9.98. The van der Waals surface area contributed by atoms with Crippen LogP contribution in [0, 0.1) is 16.0 Å². The highest BCUT2D eigenvalue weighted by atomic mass is 16.6. The number of nitrogens with zero attached hydrogens (tertiary/aromatic N) is 2. The summed E-state index contributed by atoms with van der Waals surface area (Å²) in [6.07, 6.45) is 1.46. The Balaban J connectivity index is 2.02. The van der Waals surface area contributed by atoms with Gasteiger partial charge in [-0.25, -0.2) is 4.79 Å². The summed E-state index contributed by atoms with van der Waals surface area (Å²) >= 11 is 0. The molecule has 1 aromatic carbocycles.